The molecule has 0 aromatic heterocycles. The van der Waals surface area contributed by atoms with Gasteiger partial charge in [0.25, 0.3) is 0 Å². The summed E-state index contributed by atoms with van der Waals surface area (Å²) in [6.07, 6.45) is 1.98. The molecule has 6 heteroatoms. The van der Waals surface area contributed by atoms with Crippen LogP contribution < -0.4 is 4.74 Å². The molecule has 0 spiro atoms. The highest BCUT2D eigenvalue weighted by Crippen LogP contribution is 2.24. The maximum absolute atomic E-state index is 13.4. The van der Waals surface area contributed by atoms with Crippen LogP contribution in [0, 0.1) is 5.82 Å². The third-order valence-corrected chi connectivity index (χ3v) is 1.90. The monoisotopic (exact) mass is 260 g/mol. The molecule has 0 unspecified atom stereocenters. The number of benzene rings is 1. The molecule has 0 heterocycles. The molecule has 98 valence electrons. The second-order valence-electron chi connectivity index (χ2n) is 3.12. The quantitative estimate of drug-likeness (QED) is 0.603. The van der Waals surface area contributed by atoms with Crippen molar-refractivity contribution in [3.63, 3.8) is 0 Å². The van der Waals surface area contributed by atoms with E-state index < -0.39 is 18.4 Å². The van der Waals surface area contributed by atoms with Crippen LogP contribution in [0.3, 0.4) is 0 Å². The zero-order valence-electron chi connectivity index (χ0n) is 9.53. The van der Waals surface area contributed by atoms with E-state index in [2.05, 4.69) is 9.47 Å². The second-order valence-corrected chi connectivity index (χ2v) is 3.12. The fourth-order valence-corrected chi connectivity index (χ4v) is 1.22. The maximum atomic E-state index is 13.4. The molecule has 0 saturated heterocycles. The molecule has 1 aromatic rings. The van der Waals surface area contributed by atoms with Crippen molar-refractivity contribution in [3.05, 3.63) is 35.7 Å². The van der Waals surface area contributed by atoms with Crippen LogP contribution in [-0.4, -0.2) is 19.2 Å². The van der Waals surface area contributed by atoms with E-state index in [1.807, 2.05) is 0 Å². The Morgan fingerprint density at radius 2 is 2.17 bits per heavy atom. The van der Waals surface area contributed by atoms with Gasteiger partial charge in [-0.1, -0.05) is 6.07 Å². The Kier molecular flexibility index (Phi) is 5.23. The SMILES string of the molecule is CCOC(=O)C=Cc1c(F)cccc1OC(F)F. The fraction of sp³-hybridized carbons (Fsp3) is 0.250. The minimum atomic E-state index is -3.07. The average molecular weight is 260 g/mol. The van der Waals surface area contributed by atoms with Gasteiger partial charge in [-0.2, -0.15) is 8.78 Å². The van der Waals surface area contributed by atoms with Crippen LogP contribution in [0.5, 0.6) is 5.75 Å². The summed E-state index contributed by atoms with van der Waals surface area (Å²) in [5.41, 5.74) is -0.231. The highest BCUT2D eigenvalue weighted by molar-refractivity contribution is 5.87. The third kappa shape index (κ3) is 4.12. The van der Waals surface area contributed by atoms with Crippen LogP contribution in [-0.2, 0) is 9.53 Å². The van der Waals surface area contributed by atoms with Gasteiger partial charge >= 0.3 is 12.6 Å². The van der Waals surface area contributed by atoms with Gasteiger partial charge in [0.05, 0.1) is 12.2 Å². The number of alkyl halides is 2. The molecule has 18 heavy (non-hydrogen) atoms. The van der Waals surface area contributed by atoms with Gasteiger partial charge in [-0.15, -0.1) is 0 Å². The van der Waals surface area contributed by atoms with Gasteiger partial charge < -0.3 is 9.47 Å². The molecule has 1 aromatic carbocycles. The van der Waals surface area contributed by atoms with Crippen molar-refractivity contribution in [3.8, 4) is 5.75 Å². The summed E-state index contributed by atoms with van der Waals surface area (Å²) >= 11 is 0. The zero-order valence-corrected chi connectivity index (χ0v) is 9.53. The number of hydrogen-bond donors (Lipinski definition) is 0. The predicted octanol–water partition coefficient (Wildman–Crippen LogP) is 3.00. The molecule has 3 nitrogen and oxygen atoms in total. The van der Waals surface area contributed by atoms with E-state index in [0.717, 1.165) is 18.2 Å². The van der Waals surface area contributed by atoms with Crippen molar-refractivity contribution in [2.45, 2.75) is 13.5 Å². The van der Waals surface area contributed by atoms with Crippen LogP contribution in [0.4, 0.5) is 13.2 Å². The lowest BCUT2D eigenvalue weighted by Crippen LogP contribution is -2.04. The molecule has 0 saturated carbocycles. The van der Waals surface area contributed by atoms with E-state index in [0.29, 0.717) is 0 Å². The number of halogens is 3. The Morgan fingerprint density at radius 3 is 2.78 bits per heavy atom. The molecule has 0 aliphatic heterocycles. The summed E-state index contributed by atoms with van der Waals surface area (Å²) in [5.74, 6) is -1.80. The van der Waals surface area contributed by atoms with Crippen LogP contribution in [0.1, 0.15) is 12.5 Å². The maximum Gasteiger partial charge on any atom is 0.387 e. The number of carbonyl (C=O) groups excluding carboxylic acids is 1. The molecule has 0 bridgehead atoms. The molecule has 0 amide bonds. The van der Waals surface area contributed by atoms with E-state index in [1.165, 1.54) is 12.1 Å². The first-order valence-corrected chi connectivity index (χ1v) is 5.12. The Morgan fingerprint density at radius 1 is 1.44 bits per heavy atom. The summed E-state index contributed by atoms with van der Waals surface area (Å²) in [6.45, 7) is -1.29. The summed E-state index contributed by atoms with van der Waals surface area (Å²) in [5, 5.41) is 0. The van der Waals surface area contributed by atoms with Crippen molar-refractivity contribution in [1.29, 1.82) is 0 Å². The van der Waals surface area contributed by atoms with Crippen LogP contribution in [0.2, 0.25) is 0 Å². The first-order chi connectivity index (χ1) is 8.54. The summed E-state index contributed by atoms with van der Waals surface area (Å²) in [4.78, 5) is 11.0. The number of hydrogen-bond acceptors (Lipinski definition) is 3. The Labute approximate surface area is 102 Å². The van der Waals surface area contributed by atoms with Gasteiger partial charge in [0, 0.05) is 6.08 Å². The molecular formula is C12H11F3O3. The van der Waals surface area contributed by atoms with Gasteiger partial charge in [-0.05, 0) is 25.1 Å². The van der Waals surface area contributed by atoms with Gasteiger partial charge in [0.1, 0.15) is 11.6 Å². The van der Waals surface area contributed by atoms with E-state index in [-0.39, 0.29) is 17.9 Å². The number of ether oxygens (including phenoxy) is 2. The minimum absolute atomic E-state index is 0.167. The standard InChI is InChI=1S/C12H11F3O3/c1-2-17-11(16)7-6-8-9(13)4-3-5-10(8)18-12(14)15/h3-7,12H,2H2,1H3. The molecule has 0 N–H and O–H groups in total. The second kappa shape index (κ2) is 6.68. The van der Waals surface area contributed by atoms with Gasteiger partial charge in [-0.25, -0.2) is 9.18 Å². The molecule has 0 aliphatic rings. The van der Waals surface area contributed by atoms with Crippen LogP contribution >= 0.6 is 0 Å². The van der Waals surface area contributed by atoms with Crippen molar-refractivity contribution in [2.75, 3.05) is 6.61 Å². The summed E-state index contributed by atoms with van der Waals surface area (Å²) in [6, 6.07) is 3.48. The molecule has 0 atom stereocenters. The molecule has 0 radical (unpaired) electrons. The van der Waals surface area contributed by atoms with E-state index >= 15 is 0 Å². The van der Waals surface area contributed by atoms with Crippen molar-refractivity contribution >= 4 is 12.0 Å². The van der Waals surface area contributed by atoms with Crippen molar-refractivity contribution in [2.24, 2.45) is 0 Å². The van der Waals surface area contributed by atoms with Crippen LogP contribution in [0.15, 0.2) is 24.3 Å². The minimum Gasteiger partial charge on any atom is -0.463 e. The highest BCUT2D eigenvalue weighted by Gasteiger charge is 2.11. The van der Waals surface area contributed by atoms with Gasteiger partial charge in [-0.3, -0.25) is 0 Å². The topological polar surface area (TPSA) is 35.5 Å². The fourth-order valence-electron chi connectivity index (χ4n) is 1.22. The van der Waals surface area contributed by atoms with Crippen molar-refractivity contribution in [1.82, 2.24) is 0 Å². The van der Waals surface area contributed by atoms with Gasteiger partial charge in [0.2, 0.25) is 0 Å². The van der Waals surface area contributed by atoms with Gasteiger partial charge in [0.15, 0.2) is 0 Å². The van der Waals surface area contributed by atoms with E-state index in [1.54, 1.807) is 6.92 Å². The predicted molar refractivity (Wildman–Crippen MR) is 58.7 cm³/mol. The van der Waals surface area contributed by atoms with E-state index in [9.17, 15) is 18.0 Å². The Hall–Kier alpha value is -1.98. The third-order valence-electron chi connectivity index (χ3n) is 1.90. The van der Waals surface area contributed by atoms with Crippen molar-refractivity contribution < 1.29 is 27.4 Å². The first kappa shape index (κ1) is 14.1. The smallest absolute Gasteiger partial charge is 0.387 e. The Balaban J connectivity index is 2.95. The first-order valence-electron chi connectivity index (χ1n) is 5.12. The lowest BCUT2D eigenvalue weighted by atomic mass is 10.1. The largest absolute Gasteiger partial charge is 0.463 e. The zero-order chi connectivity index (χ0) is 13.5. The number of carbonyl (C=O) groups is 1. The molecule has 0 fully saturated rings. The molecule has 1 rings (SSSR count). The summed E-state index contributed by atoms with van der Waals surface area (Å²) in [7, 11) is 0. The van der Waals surface area contributed by atoms with E-state index in [4.69, 9.17) is 0 Å². The van der Waals surface area contributed by atoms with Crippen LogP contribution in [0.25, 0.3) is 6.08 Å². The highest BCUT2D eigenvalue weighted by atomic mass is 19.3. The molecular weight excluding hydrogens is 249 g/mol. The summed E-state index contributed by atoms with van der Waals surface area (Å²) < 4.78 is 46.3. The lowest BCUT2D eigenvalue weighted by molar-refractivity contribution is -0.137. The number of esters is 1. The number of rotatable bonds is 5. The lowest BCUT2D eigenvalue weighted by Gasteiger charge is -2.08. The Bertz CT molecular complexity index is 444. The normalized spacial score (nSPS) is 10.9. The average Bonchev–Trinajstić information content (AvgIpc) is 2.28. The molecule has 0 aliphatic carbocycles.